The topological polar surface area (TPSA) is 40.5 Å². The van der Waals surface area contributed by atoms with E-state index in [1.54, 1.807) is 24.3 Å². The average molecular weight is 261 g/mol. The Hall–Kier alpha value is -1.72. The van der Waals surface area contributed by atoms with Crippen LogP contribution in [0.2, 0.25) is 0 Å². The van der Waals surface area contributed by atoms with E-state index in [9.17, 15) is 18.0 Å². The zero-order valence-corrected chi connectivity index (χ0v) is 9.87. The second-order valence-electron chi connectivity index (χ2n) is 4.02. The molecule has 0 aliphatic heterocycles. The lowest BCUT2D eigenvalue weighted by Gasteiger charge is -2.25. The highest BCUT2D eigenvalue weighted by Crippen LogP contribution is 2.22. The van der Waals surface area contributed by atoms with Crippen LogP contribution in [0.3, 0.4) is 0 Å². The number of halogens is 3. The molecule has 0 aliphatic rings. The van der Waals surface area contributed by atoms with Crippen LogP contribution in [0.25, 0.3) is 0 Å². The molecule has 1 rings (SSSR count). The predicted octanol–water partition coefficient (Wildman–Crippen LogP) is 2.84. The second kappa shape index (κ2) is 5.75. The zero-order valence-electron chi connectivity index (χ0n) is 9.87. The first-order valence-electron chi connectivity index (χ1n) is 5.38. The molecule has 0 fully saturated rings. The van der Waals surface area contributed by atoms with Gasteiger partial charge in [-0.25, -0.2) is 0 Å². The summed E-state index contributed by atoms with van der Waals surface area (Å²) in [5.74, 6) is -1.12. The van der Waals surface area contributed by atoms with Crippen LogP contribution in [0.4, 0.5) is 18.9 Å². The molecule has 0 radical (unpaired) electrons. The van der Waals surface area contributed by atoms with Crippen molar-refractivity contribution in [2.24, 2.45) is 0 Å². The Morgan fingerprint density at radius 3 is 2.28 bits per heavy atom. The summed E-state index contributed by atoms with van der Waals surface area (Å²) in [6, 6.07) is 6.50. The molecule has 0 saturated carbocycles. The van der Waals surface area contributed by atoms with Gasteiger partial charge in [-0.2, -0.15) is 13.2 Å². The first-order valence-corrected chi connectivity index (χ1v) is 5.38. The molecule has 0 spiro atoms. The Morgan fingerprint density at radius 2 is 1.83 bits per heavy atom. The van der Waals surface area contributed by atoms with Gasteiger partial charge in [-0.15, -0.1) is 0 Å². The molecule has 0 aliphatic carbocycles. The molecule has 0 heterocycles. The number of alkyl halides is 3. The van der Waals surface area contributed by atoms with Gasteiger partial charge in [0, 0.05) is 12.2 Å². The third-order valence-electron chi connectivity index (χ3n) is 2.36. The van der Waals surface area contributed by atoms with Crippen molar-refractivity contribution < 1.29 is 23.1 Å². The maximum atomic E-state index is 12.4. The van der Waals surface area contributed by atoms with Crippen LogP contribution < -0.4 is 4.90 Å². The lowest BCUT2D eigenvalue weighted by atomic mass is 10.2. The van der Waals surface area contributed by atoms with E-state index in [-0.39, 0.29) is 13.0 Å². The third kappa shape index (κ3) is 5.07. The number of aliphatic carboxylic acids is 1. The van der Waals surface area contributed by atoms with Crippen molar-refractivity contribution in [2.75, 3.05) is 18.0 Å². The molecule has 3 nitrogen and oxygen atoms in total. The van der Waals surface area contributed by atoms with Crippen molar-refractivity contribution in [1.29, 1.82) is 0 Å². The van der Waals surface area contributed by atoms with Crippen LogP contribution in [0.5, 0.6) is 0 Å². The average Bonchev–Trinajstić information content (AvgIpc) is 2.23. The van der Waals surface area contributed by atoms with Crippen LogP contribution in [0.1, 0.15) is 12.0 Å². The quantitative estimate of drug-likeness (QED) is 0.886. The molecule has 0 atom stereocenters. The normalized spacial score (nSPS) is 11.3. The molecule has 0 saturated heterocycles. The number of anilines is 1. The van der Waals surface area contributed by atoms with E-state index in [0.29, 0.717) is 5.69 Å². The zero-order chi connectivity index (χ0) is 13.8. The van der Waals surface area contributed by atoms with Crippen LogP contribution >= 0.6 is 0 Å². The predicted molar refractivity (Wildman–Crippen MR) is 61.7 cm³/mol. The number of rotatable bonds is 5. The Morgan fingerprint density at radius 1 is 1.28 bits per heavy atom. The van der Waals surface area contributed by atoms with Crippen molar-refractivity contribution in [3.8, 4) is 0 Å². The second-order valence-corrected chi connectivity index (χ2v) is 4.02. The van der Waals surface area contributed by atoms with E-state index in [1.165, 1.54) is 0 Å². The summed E-state index contributed by atoms with van der Waals surface area (Å²) in [6.07, 6.45) is -4.69. The smallest absolute Gasteiger partial charge is 0.405 e. The molecule has 0 bridgehead atoms. The molecular formula is C12H14F3NO2. The molecule has 1 N–H and O–H groups in total. The van der Waals surface area contributed by atoms with Gasteiger partial charge >= 0.3 is 12.1 Å². The van der Waals surface area contributed by atoms with Crippen molar-refractivity contribution in [3.05, 3.63) is 29.8 Å². The number of aryl methyl sites for hydroxylation is 1. The Kier molecular flexibility index (Phi) is 4.58. The first-order chi connectivity index (χ1) is 8.28. The maximum Gasteiger partial charge on any atom is 0.405 e. The molecule has 0 unspecified atom stereocenters. The van der Waals surface area contributed by atoms with Crippen LogP contribution in [-0.2, 0) is 4.79 Å². The Balaban J connectivity index is 2.82. The summed E-state index contributed by atoms with van der Waals surface area (Å²) in [5, 5.41) is 8.54. The van der Waals surface area contributed by atoms with Gasteiger partial charge in [0.1, 0.15) is 6.54 Å². The largest absolute Gasteiger partial charge is 0.481 e. The lowest BCUT2D eigenvalue weighted by molar-refractivity contribution is -0.137. The van der Waals surface area contributed by atoms with Crippen LogP contribution in [0.15, 0.2) is 24.3 Å². The van der Waals surface area contributed by atoms with Gasteiger partial charge in [-0.05, 0) is 19.1 Å². The summed E-state index contributed by atoms with van der Waals surface area (Å²) >= 11 is 0. The van der Waals surface area contributed by atoms with Gasteiger partial charge in [0.2, 0.25) is 0 Å². The molecule has 1 aromatic rings. The fourth-order valence-corrected chi connectivity index (χ4v) is 1.50. The summed E-state index contributed by atoms with van der Waals surface area (Å²) < 4.78 is 37.2. The fraction of sp³-hybridized carbons (Fsp3) is 0.417. The molecule has 0 aromatic heterocycles. The van der Waals surface area contributed by atoms with Gasteiger partial charge in [0.25, 0.3) is 0 Å². The molecular weight excluding hydrogens is 247 g/mol. The van der Waals surface area contributed by atoms with Gasteiger partial charge in [-0.1, -0.05) is 17.7 Å². The van der Waals surface area contributed by atoms with Crippen molar-refractivity contribution in [3.63, 3.8) is 0 Å². The molecule has 6 heteroatoms. The number of nitrogens with zero attached hydrogens (tertiary/aromatic N) is 1. The highest BCUT2D eigenvalue weighted by Gasteiger charge is 2.31. The summed E-state index contributed by atoms with van der Waals surface area (Å²) in [5.41, 5.74) is 1.31. The van der Waals surface area contributed by atoms with E-state index in [1.807, 2.05) is 6.92 Å². The molecule has 1 aromatic carbocycles. The summed E-state index contributed by atoms with van der Waals surface area (Å²) in [4.78, 5) is 11.5. The van der Waals surface area contributed by atoms with E-state index in [4.69, 9.17) is 5.11 Å². The number of benzene rings is 1. The monoisotopic (exact) mass is 261 g/mol. The highest BCUT2D eigenvalue weighted by atomic mass is 19.4. The molecule has 18 heavy (non-hydrogen) atoms. The number of carbonyl (C=O) groups is 1. The minimum absolute atomic E-state index is 0.169. The van der Waals surface area contributed by atoms with Gasteiger partial charge in [0.15, 0.2) is 0 Å². The minimum atomic E-state index is -4.36. The summed E-state index contributed by atoms with van der Waals surface area (Å²) in [6.45, 7) is 0.510. The van der Waals surface area contributed by atoms with E-state index in [0.717, 1.165) is 10.5 Å². The lowest BCUT2D eigenvalue weighted by Crippen LogP contribution is -2.35. The molecule has 0 amide bonds. The van der Waals surface area contributed by atoms with Crippen molar-refractivity contribution in [2.45, 2.75) is 19.5 Å². The fourth-order valence-electron chi connectivity index (χ4n) is 1.50. The van der Waals surface area contributed by atoms with Crippen LogP contribution in [0, 0.1) is 6.92 Å². The number of carboxylic acids is 1. The molecule has 100 valence electrons. The van der Waals surface area contributed by atoms with Crippen molar-refractivity contribution >= 4 is 11.7 Å². The van der Waals surface area contributed by atoms with Crippen LogP contribution in [-0.4, -0.2) is 30.3 Å². The highest BCUT2D eigenvalue weighted by molar-refractivity contribution is 5.67. The van der Waals surface area contributed by atoms with E-state index >= 15 is 0 Å². The van der Waals surface area contributed by atoms with E-state index in [2.05, 4.69) is 0 Å². The number of hydrogen-bond donors (Lipinski definition) is 1. The summed E-state index contributed by atoms with van der Waals surface area (Å²) in [7, 11) is 0. The third-order valence-corrected chi connectivity index (χ3v) is 2.36. The van der Waals surface area contributed by atoms with Gasteiger partial charge in [-0.3, -0.25) is 4.79 Å². The van der Waals surface area contributed by atoms with Gasteiger partial charge < -0.3 is 10.0 Å². The van der Waals surface area contributed by atoms with Crippen molar-refractivity contribution in [1.82, 2.24) is 0 Å². The SMILES string of the molecule is Cc1ccc(N(CCC(=O)O)CC(F)(F)F)cc1. The minimum Gasteiger partial charge on any atom is -0.481 e. The van der Waals surface area contributed by atoms with Gasteiger partial charge in [0.05, 0.1) is 6.42 Å². The first kappa shape index (κ1) is 14.3. The standard InChI is InChI=1S/C12H14F3NO2/c1-9-2-4-10(5-3-9)16(7-6-11(17)18)8-12(13,14)15/h2-5H,6-8H2,1H3,(H,17,18). The Labute approximate surface area is 103 Å². The Bertz CT molecular complexity index is 401. The maximum absolute atomic E-state index is 12.4. The number of hydrogen-bond acceptors (Lipinski definition) is 2. The van der Waals surface area contributed by atoms with E-state index < -0.39 is 18.7 Å². The number of carboxylic acid groups (broad SMARTS) is 1.